The summed E-state index contributed by atoms with van der Waals surface area (Å²) in [6.07, 6.45) is -10.3. The van der Waals surface area contributed by atoms with Crippen LogP contribution in [-0.2, 0) is 21.9 Å². The third-order valence-electron chi connectivity index (χ3n) is 6.30. The molecule has 0 radical (unpaired) electrons. The van der Waals surface area contributed by atoms with Crippen LogP contribution in [0.5, 0.6) is 0 Å². The van der Waals surface area contributed by atoms with Gasteiger partial charge in [0.2, 0.25) is 0 Å². The molecule has 0 saturated heterocycles. The lowest BCUT2D eigenvalue weighted by Crippen LogP contribution is -2.42. The molecular formula is C29H27F6NO3. The van der Waals surface area contributed by atoms with Gasteiger partial charge in [-0.05, 0) is 42.7 Å². The number of esters is 1. The first-order chi connectivity index (χ1) is 18.3. The van der Waals surface area contributed by atoms with Crippen LogP contribution in [0.25, 0.3) is 0 Å². The van der Waals surface area contributed by atoms with Crippen LogP contribution in [0, 0.1) is 0 Å². The molecule has 39 heavy (non-hydrogen) atoms. The normalized spacial score (nSPS) is 12.7. The van der Waals surface area contributed by atoms with E-state index in [9.17, 15) is 35.9 Å². The quantitative estimate of drug-likeness (QED) is 0.207. The van der Waals surface area contributed by atoms with E-state index < -0.39 is 52.9 Å². The summed E-state index contributed by atoms with van der Waals surface area (Å²) in [5.41, 5.74) is -2.44. The predicted octanol–water partition coefficient (Wildman–Crippen LogP) is 7.34. The zero-order valence-electron chi connectivity index (χ0n) is 21.2. The Kier molecular flexibility index (Phi) is 9.42. The Hall–Kier alpha value is -3.82. The Morgan fingerprint density at radius 1 is 0.795 bits per heavy atom. The fourth-order valence-electron chi connectivity index (χ4n) is 4.47. The summed E-state index contributed by atoms with van der Waals surface area (Å²) in [7, 11) is 1.31. The number of carbonyl (C=O) groups excluding carboxylic acids is 2. The lowest BCUT2D eigenvalue weighted by Gasteiger charge is -2.36. The number of amides is 1. The molecule has 3 aromatic carbocycles. The van der Waals surface area contributed by atoms with Gasteiger partial charge in [-0.2, -0.15) is 26.3 Å². The number of alkyl halides is 6. The van der Waals surface area contributed by atoms with Crippen LogP contribution in [0.1, 0.15) is 58.3 Å². The highest BCUT2D eigenvalue weighted by atomic mass is 19.4. The van der Waals surface area contributed by atoms with Gasteiger partial charge in [0.05, 0.1) is 17.7 Å². The minimum atomic E-state index is -5.10. The van der Waals surface area contributed by atoms with E-state index in [1.807, 2.05) is 0 Å². The predicted molar refractivity (Wildman–Crippen MR) is 133 cm³/mol. The molecule has 0 saturated carbocycles. The van der Waals surface area contributed by atoms with E-state index in [1.165, 1.54) is 7.05 Å². The molecule has 1 atom stereocenters. The van der Waals surface area contributed by atoms with E-state index in [-0.39, 0.29) is 25.5 Å². The second-order valence-corrected chi connectivity index (χ2v) is 8.92. The van der Waals surface area contributed by atoms with Gasteiger partial charge in [0.25, 0.3) is 5.91 Å². The first kappa shape index (κ1) is 29.7. The SMILES string of the molecule is CCOC(=O)CC[C@@H](C(c1ccccc1)c1ccccc1)N(C)C(=O)c1cc(C(F)(F)F)cc(C(F)(F)F)c1. The van der Waals surface area contributed by atoms with Gasteiger partial charge < -0.3 is 9.64 Å². The number of likely N-dealkylation sites (N-methyl/N-ethyl adjacent to an activating group) is 1. The molecule has 0 aliphatic rings. The fourth-order valence-corrected chi connectivity index (χ4v) is 4.47. The zero-order valence-corrected chi connectivity index (χ0v) is 21.2. The van der Waals surface area contributed by atoms with Gasteiger partial charge >= 0.3 is 18.3 Å². The molecule has 3 aromatic rings. The minimum absolute atomic E-state index is 0.0221. The van der Waals surface area contributed by atoms with Crippen LogP contribution in [0.2, 0.25) is 0 Å². The molecule has 3 rings (SSSR count). The van der Waals surface area contributed by atoms with E-state index in [2.05, 4.69) is 0 Å². The number of rotatable bonds is 9. The highest BCUT2D eigenvalue weighted by Crippen LogP contribution is 2.38. The molecule has 0 N–H and O–H groups in total. The summed E-state index contributed by atoms with van der Waals surface area (Å²) in [6.45, 7) is 1.76. The van der Waals surface area contributed by atoms with Crippen LogP contribution in [0.4, 0.5) is 26.3 Å². The van der Waals surface area contributed by atoms with Gasteiger partial charge in [-0.1, -0.05) is 60.7 Å². The molecule has 208 valence electrons. The number of ether oxygens (including phenoxy) is 1. The summed E-state index contributed by atoms with van der Waals surface area (Å²) in [4.78, 5) is 26.9. The van der Waals surface area contributed by atoms with Crippen LogP contribution >= 0.6 is 0 Å². The molecule has 0 aliphatic carbocycles. The van der Waals surface area contributed by atoms with Crippen molar-refractivity contribution in [1.29, 1.82) is 0 Å². The van der Waals surface area contributed by atoms with Crippen molar-refractivity contribution in [3.05, 3.63) is 107 Å². The summed E-state index contributed by atoms with van der Waals surface area (Å²) >= 11 is 0. The summed E-state index contributed by atoms with van der Waals surface area (Å²) in [5, 5.41) is 0. The van der Waals surface area contributed by atoms with E-state index in [4.69, 9.17) is 4.74 Å². The van der Waals surface area contributed by atoms with Crippen molar-refractivity contribution in [2.75, 3.05) is 13.7 Å². The molecule has 0 aromatic heterocycles. The Balaban J connectivity index is 2.12. The zero-order chi connectivity index (χ0) is 28.8. The van der Waals surface area contributed by atoms with Crippen molar-refractivity contribution in [3.63, 3.8) is 0 Å². The number of carbonyl (C=O) groups is 2. The molecule has 4 nitrogen and oxygen atoms in total. The highest BCUT2D eigenvalue weighted by molar-refractivity contribution is 5.95. The smallest absolute Gasteiger partial charge is 0.416 e. The van der Waals surface area contributed by atoms with E-state index in [1.54, 1.807) is 67.6 Å². The van der Waals surface area contributed by atoms with Crippen LogP contribution in [0.15, 0.2) is 78.9 Å². The van der Waals surface area contributed by atoms with Crippen LogP contribution < -0.4 is 0 Å². The summed E-state index contributed by atoms with van der Waals surface area (Å²) < 4.78 is 85.8. The Morgan fingerprint density at radius 3 is 1.67 bits per heavy atom. The van der Waals surface area contributed by atoms with Crippen molar-refractivity contribution in [3.8, 4) is 0 Å². The molecule has 0 bridgehead atoms. The monoisotopic (exact) mass is 551 g/mol. The third kappa shape index (κ3) is 7.61. The average molecular weight is 552 g/mol. The third-order valence-corrected chi connectivity index (χ3v) is 6.30. The molecule has 1 amide bonds. The molecule has 0 unspecified atom stereocenters. The van der Waals surface area contributed by atoms with Crippen LogP contribution in [0.3, 0.4) is 0 Å². The van der Waals surface area contributed by atoms with Gasteiger partial charge in [0.15, 0.2) is 0 Å². The number of hydrogen-bond acceptors (Lipinski definition) is 3. The summed E-state index contributed by atoms with van der Waals surface area (Å²) in [5.74, 6) is -2.14. The molecule has 0 spiro atoms. The van der Waals surface area contributed by atoms with Crippen LogP contribution in [-0.4, -0.2) is 36.5 Å². The fraction of sp³-hybridized carbons (Fsp3) is 0.310. The highest BCUT2D eigenvalue weighted by Gasteiger charge is 2.39. The molecule has 0 aliphatic heterocycles. The minimum Gasteiger partial charge on any atom is -0.466 e. The van der Waals surface area contributed by atoms with Crippen molar-refractivity contribution in [2.24, 2.45) is 0 Å². The summed E-state index contributed by atoms with van der Waals surface area (Å²) in [6, 6.07) is 17.9. The number of halogens is 6. The Morgan fingerprint density at radius 2 is 1.26 bits per heavy atom. The van der Waals surface area contributed by atoms with Crippen molar-refractivity contribution < 1.29 is 40.7 Å². The first-order valence-electron chi connectivity index (χ1n) is 12.1. The maximum Gasteiger partial charge on any atom is 0.416 e. The molecule has 10 heteroatoms. The van der Waals surface area contributed by atoms with Gasteiger partial charge in [-0.25, -0.2) is 0 Å². The molecular weight excluding hydrogens is 524 g/mol. The largest absolute Gasteiger partial charge is 0.466 e. The maximum absolute atomic E-state index is 13.6. The maximum atomic E-state index is 13.6. The first-order valence-corrected chi connectivity index (χ1v) is 12.1. The number of nitrogens with zero attached hydrogens (tertiary/aromatic N) is 1. The number of hydrogen-bond donors (Lipinski definition) is 0. The second-order valence-electron chi connectivity index (χ2n) is 8.92. The van der Waals surface area contributed by atoms with Gasteiger partial charge in [-0.3, -0.25) is 9.59 Å². The number of benzene rings is 3. The van der Waals surface area contributed by atoms with E-state index in [0.717, 1.165) is 16.0 Å². The second kappa shape index (κ2) is 12.4. The van der Waals surface area contributed by atoms with Crippen molar-refractivity contribution in [2.45, 2.75) is 44.1 Å². The Bertz CT molecular complexity index is 1190. The Labute approximate surface area is 222 Å². The van der Waals surface area contributed by atoms with Gasteiger partial charge in [0, 0.05) is 31.0 Å². The van der Waals surface area contributed by atoms with E-state index >= 15 is 0 Å². The van der Waals surface area contributed by atoms with Gasteiger partial charge in [0.1, 0.15) is 0 Å². The van der Waals surface area contributed by atoms with Crippen molar-refractivity contribution >= 4 is 11.9 Å². The lowest BCUT2D eigenvalue weighted by atomic mass is 9.82. The topological polar surface area (TPSA) is 46.6 Å². The van der Waals surface area contributed by atoms with Gasteiger partial charge in [-0.15, -0.1) is 0 Å². The average Bonchev–Trinajstić information content (AvgIpc) is 2.90. The molecule has 0 heterocycles. The van der Waals surface area contributed by atoms with E-state index in [0.29, 0.717) is 12.1 Å². The molecule has 0 fully saturated rings. The lowest BCUT2D eigenvalue weighted by molar-refractivity contribution is -0.144. The standard InChI is InChI=1S/C29H27F6NO3/c1-3-39-25(37)15-14-24(26(19-10-6-4-7-11-19)20-12-8-5-9-13-20)36(2)27(38)21-16-22(28(30,31)32)18-23(17-21)29(33,34)35/h4-13,16-18,24,26H,3,14-15H2,1-2H3/t24-/m0/s1. The van der Waals surface area contributed by atoms with Crippen molar-refractivity contribution in [1.82, 2.24) is 4.90 Å².